The number of methoxy groups -OCH3 is 2. The number of rotatable bonds is 6. The van der Waals surface area contributed by atoms with Gasteiger partial charge in [0.05, 0.1) is 6.04 Å². The number of pyridine rings is 1. The number of hydrogen-bond acceptors (Lipinski definition) is 4. The van der Waals surface area contributed by atoms with Crippen LogP contribution in [0.3, 0.4) is 0 Å². The molecule has 0 bridgehead atoms. The van der Waals surface area contributed by atoms with E-state index in [9.17, 15) is 0 Å². The predicted octanol–water partition coefficient (Wildman–Crippen LogP) is 1.49. The van der Waals surface area contributed by atoms with Gasteiger partial charge in [0.15, 0.2) is 6.29 Å². The zero-order chi connectivity index (χ0) is 12.0. The van der Waals surface area contributed by atoms with Crippen molar-refractivity contribution in [3.8, 4) is 0 Å². The van der Waals surface area contributed by atoms with E-state index in [2.05, 4.69) is 17.2 Å². The molecule has 0 saturated carbocycles. The van der Waals surface area contributed by atoms with E-state index in [0.717, 1.165) is 6.54 Å². The molecule has 1 unspecified atom stereocenters. The maximum absolute atomic E-state index is 5.18. The average Bonchev–Trinajstić information content (AvgIpc) is 2.29. The fourth-order valence-electron chi connectivity index (χ4n) is 1.57. The molecule has 4 nitrogen and oxygen atoms in total. The lowest BCUT2D eigenvalue weighted by Crippen LogP contribution is -2.39. The summed E-state index contributed by atoms with van der Waals surface area (Å²) in [5, 5.41) is 3.36. The molecule has 0 aromatic carbocycles. The maximum atomic E-state index is 5.18. The molecule has 1 rings (SSSR count). The molecule has 1 aromatic heterocycles. The van der Waals surface area contributed by atoms with Gasteiger partial charge in [0.1, 0.15) is 0 Å². The summed E-state index contributed by atoms with van der Waals surface area (Å²) < 4.78 is 10.4. The van der Waals surface area contributed by atoms with Gasteiger partial charge < -0.3 is 14.8 Å². The second kappa shape index (κ2) is 6.58. The Labute approximate surface area is 97.0 Å². The van der Waals surface area contributed by atoms with E-state index in [1.807, 2.05) is 19.2 Å². The molecule has 0 amide bonds. The SMILES string of the molecule is COC(OC)C(C)NCc1ccncc1C. The summed E-state index contributed by atoms with van der Waals surface area (Å²) in [6.45, 7) is 4.88. The quantitative estimate of drug-likeness (QED) is 0.743. The molecule has 0 spiro atoms. The average molecular weight is 224 g/mol. The Kier molecular flexibility index (Phi) is 5.38. The Bertz CT molecular complexity index is 314. The van der Waals surface area contributed by atoms with Crippen LogP contribution in [0.15, 0.2) is 18.5 Å². The van der Waals surface area contributed by atoms with Crippen molar-refractivity contribution in [2.24, 2.45) is 0 Å². The lowest BCUT2D eigenvalue weighted by atomic mass is 10.1. The third-order valence-electron chi connectivity index (χ3n) is 2.62. The molecule has 4 heteroatoms. The van der Waals surface area contributed by atoms with Crippen LogP contribution in [0.4, 0.5) is 0 Å². The van der Waals surface area contributed by atoms with E-state index in [4.69, 9.17) is 9.47 Å². The van der Waals surface area contributed by atoms with Gasteiger partial charge in [-0.2, -0.15) is 0 Å². The molecule has 1 atom stereocenters. The van der Waals surface area contributed by atoms with Gasteiger partial charge in [-0.1, -0.05) is 0 Å². The fourth-order valence-corrected chi connectivity index (χ4v) is 1.57. The van der Waals surface area contributed by atoms with Gasteiger partial charge in [0.25, 0.3) is 0 Å². The van der Waals surface area contributed by atoms with Crippen molar-refractivity contribution < 1.29 is 9.47 Å². The molecular weight excluding hydrogens is 204 g/mol. The molecule has 16 heavy (non-hydrogen) atoms. The van der Waals surface area contributed by atoms with E-state index in [1.54, 1.807) is 20.4 Å². The lowest BCUT2D eigenvalue weighted by Gasteiger charge is -2.22. The third kappa shape index (κ3) is 3.56. The molecule has 1 N–H and O–H groups in total. The number of hydrogen-bond donors (Lipinski definition) is 1. The molecule has 1 aromatic rings. The lowest BCUT2D eigenvalue weighted by molar-refractivity contribution is -0.119. The van der Waals surface area contributed by atoms with Crippen molar-refractivity contribution in [2.45, 2.75) is 32.7 Å². The normalized spacial score (nSPS) is 13.1. The van der Waals surface area contributed by atoms with Crippen LogP contribution in [0.5, 0.6) is 0 Å². The standard InChI is InChI=1S/C12H20N2O2/c1-9-7-13-6-5-11(9)8-14-10(2)12(15-3)16-4/h5-7,10,12,14H,8H2,1-4H3. The summed E-state index contributed by atoms with van der Waals surface area (Å²) in [5.74, 6) is 0. The van der Waals surface area contributed by atoms with Crippen LogP contribution in [0, 0.1) is 6.92 Å². The van der Waals surface area contributed by atoms with Gasteiger partial charge in [-0.25, -0.2) is 0 Å². The highest BCUT2D eigenvalue weighted by molar-refractivity contribution is 5.21. The van der Waals surface area contributed by atoms with E-state index < -0.39 is 0 Å². The molecular formula is C12H20N2O2. The first-order valence-electron chi connectivity index (χ1n) is 5.37. The Hall–Kier alpha value is -0.970. The van der Waals surface area contributed by atoms with Crippen molar-refractivity contribution in [1.29, 1.82) is 0 Å². The molecule has 0 radical (unpaired) electrons. The zero-order valence-electron chi connectivity index (χ0n) is 10.4. The van der Waals surface area contributed by atoms with Gasteiger partial charge in [-0.3, -0.25) is 4.98 Å². The van der Waals surface area contributed by atoms with Crippen LogP contribution in [0.25, 0.3) is 0 Å². The first kappa shape index (κ1) is 13.1. The number of aromatic nitrogens is 1. The van der Waals surface area contributed by atoms with Crippen molar-refractivity contribution in [2.75, 3.05) is 14.2 Å². The Balaban J connectivity index is 2.48. The Morgan fingerprint density at radius 2 is 2.06 bits per heavy atom. The van der Waals surface area contributed by atoms with Crippen LogP contribution in [0.1, 0.15) is 18.1 Å². The highest BCUT2D eigenvalue weighted by Crippen LogP contribution is 2.06. The zero-order valence-corrected chi connectivity index (χ0v) is 10.4. The van der Waals surface area contributed by atoms with Crippen LogP contribution in [0.2, 0.25) is 0 Å². The minimum absolute atomic E-state index is 0.141. The first-order chi connectivity index (χ1) is 7.69. The summed E-state index contributed by atoms with van der Waals surface area (Å²) in [6.07, 6.45) is 3.45. The smallest absolute Gasteiger partial charge is 0.171 e. The summed E-state index contributed by atoms with van der Waals surface area (Å²) >= 11 is 0. The number of nitrogens with zero attached hydrogens (tertiary/aromatic N) is 1. The van der Waals surface area contributed by atoms with Crippen molar-refractivity contribution in [3.63, 3.8) is 0 Å². The van der Waals surface area contributed by atoms with Gasteiger partial charge in [-0.05, 0) is 31.0 Å². The van der Waals surface area contributed by atoms with Crippen LogP contribution >= 0.6 is 0 Å². The molecule has 0 saturated heterocycles. The highest BCUT2D eigenvalue weighted by Gasteiger charge is 2.14. The topological polar surface area (TPSA) is 43.4 Å². The largest absolute Gasteiger partial charge is 0.354 e. The van der Waals surface area contributed by atoms with E-state index in [-0.39, 0.29) is 12.3 Å². The second-order valence-electron chi connectivity index (χ2n) is 3.81. The number of nitrogens with one attached hydrogen (secondary N) is 1. The predicted molar refractivity (Wildman–Crippen MR) is 63.1 cm³/mol. The molecule has 0 fully saturated rings. The third-order valence-corrected chi connectivity index (χ3v) is 2.62. The van der Waals surface area contributed by atoms with Crippen molar-refractivity contribution in [3.05, 3.63) is 29.6 Å². The molecule has 0 aliphatic carbocycles. The minimum Gasteiger partial charge on any atom is -0.354 e. The Morgan fingerprint density at radius 1 is 1.38 bits per heavy atom. The number of aryl methyl sites for hydroxylation is 1. The summed E-state index contributed by atoms with van der Waals surface area (Å²) in [6, 6.07) is 2.16. The highest BCUT2D eigenvalue weighted by atomic mass is 16.7. The van der Waals surface area contributed by atoms with Crippen LogP contribution in [-0.4, -0.2) is 31.5 Å². The van der Waals surface area contributed by atoms with Crippen LogP contribution in [-0.2, 0) is 16.0 Å². The molecule has 0 aliphatic heterocycles. The van der Waals surface area contributed by atoms with Gasteiger partial charge in [0.2, 0.25) is 0 Å². The maximum Gasteiger partial charge on any atom is 0.171 e. The molecule has 90 valence electrons. The summed E-state index contributed by atoms with van der Waals surface area (Å²) in [4.78, 5) is 4.06. The van der Waals surface area contributed by atoms with Gasteiger partial charge in [0, 0.05) is 33.2 Å². The van der Waals surface area contributed by atoms with Crippen molar-refractivity contribution >= 4 is 0 Å². The monoisotopic (exact) mass is 224 g/mol. The summed E-state index contributed by atoms with van der Waals surface area (Å²) in [5.41, 5.74) is 2.43. The Morgan fingerprint density at radius 3 is 2.62 bits per heavy atom. The van der Waals surface area contributed by atoms with Gasteiger partial charge >= 0.3 is 0 Å². The first-order valence-corrected chi connectivity index (χ1v) is 5.37. The van der Waals surface area contributed by atoms with Crippen molar-refractivity contribution in [1.82, 2.24) is 10.3 Å². The van der Waals surface area contributed by atoms with Crippen LogP contribution < -0.4 is 5.32 Å². The molecule has 1 heterocycles. The second-order valence-corrected chi connectivity index (χ2v) is 3.81. The van der Waals surface area contributed by atoms with E-state index in [0.29, 0.717) is 0 Å². The van der Waals surface area contributed by atoms with E-state index in [1.165, 1.54) is 11.1 Å². The van der Waals surface area contributed by atoms with Gasteiger partial charge in [-0.15, -0.1) is 0 Å². The van der Waals surface area contributed by atoms with E-state index >= 15 is 0 Å². The summed E-state index contributed by atoms with van der Waals surface area (Å²) in [7, 11) is 3.29. The number of ether oxygens (including phenoxy) is 2. The minimum atomic E-state index is -0.220. The molecule has 0 aliphatic rings. The fraction of sp³-hybridized carbons (Fsp3) is 0.583.